The molecule has 1 aromatic rings. The van der Waals surface area contributed by atoms with Crippen LogP contribution >= 0.6 is 0 Å². The predicted octanol–water partition coefficient (Wildman–Crippen LogP) is 2.14. The molecule has 1 heterocycles. The number of amides is 2. The third-order valence-electron chi connectivity index (χ3n) is 6.40. The van der Waals surface area contributed by atoms with Crippen molar-refractivity contribution >= 4 is 30.8 Å². The Bertz CT molecular complexity index is 776. The molecule has 164 valence electrons. The van der Waals surface area contributed by atoms with Gasteiger partial charge in [-0.3, -0.25) is 9.59 Å². The fraction of sp³-hybridized carbons (Fsp3) is 0.636. The lowest BCUT2D eigenvalue weighted by Crippen LogP contribution is -2.48. The van der Waals surface area contributed by atoms with Crippen LogP contribution in [0.25, 0.3) is 0 Å². The predicted molar refractivity (Wildman–Crippen MR) is 117 cm³/mol. The van der Waals surface area contributed by atoms with Crippen LogP contribution in [0, 0.1) is 11.8 Å². The average molecular weight is 419 g/mol. The van der Waals surface area contributed by atoms with Gasteiger partial charge < -0.3 is 16.0 Å². The van der Waals surface area contributed by atoms with Gasteiger partial charge >= 0.3 is 0 Å². The lowest BCUT2D eigenvalue weighted by Gasteiger charge is -2.37. The summed E-state index contributed by atoms with van der Waals surface area (Å²) in [6.45, 7) is 2.15. The van der Waals surface area contributed by atoms with Crippen LogP contribution in [0.15, 0.2) is 18.2 Å². The van der Waals surface area contributed by atoms with Gasteiger partial charge in [0.25, 0.3) is 5.92 Å². The zero-order valence-electron chi connectivity index (χ0n) is 17.9. The highest BCUT2D eigenvalue weighted by Gasteiger charge is 2.33. The number of hydrogen-bond acceptors (Lipinski definition) is 3. The van der Waals surface area contributed by atoms with Crippen molar-refractivity contribution < 1.29 is 18.4 Å². The number of alkyl halides is 2. The quantitative estimate of drug-likeness (QED) is 0.719. The molecule has 0 unspecified atom stereocenters. The third kappa shape index (κ3) is 5.81. The Morgan fingerprint density at radius 3 is 2.47 bits per heavy atom. The molecule has 0 radical (unpaired) electrons. The van der Waals surface area contributed by atoms with Crippen molar-refractivity contribution in [2.45, 2.75) is 63.8 Å². The smallest absolute Gasteiger partial charge is 0.270 e. The lowest BCUT2D eigenvalue weighted by atomic mass is 9.83. The van der Waals surface area contributed by atoms with E-state index in [-0.39, 0.29) is 35.3 Å². The Kier molecular flexibility index (Phi) is 7.16. The van der Waals surface area contributed by atoms with Gasteiger partial charge in [0.15, 0.2) is 0 Å². The first-order chi connectivity index (χ1) is 14.1. The molecular formula is C22H32BF2N3O2. The van der Waals surface area contributed by atoms with E-state index in [0.717, 1.165) is 45.4 Å². The van der Waals surface area contributed by atoms with Crippen molar-refractivity contribution in [1.82, 2.24) is 4.90 Å². The molecule has 3 rings (SSSR count). The second-order valence-electron chi connectivity index (χ2n) is 9.05. The zero-order valence-corrected chi connectivity index (χ0v) is 17.9. The normalized spacial score (nSPS) is 23.3. The number of nitrogens with two attached hydrogens (primary N) is 1. The number of piperidine rings is 1. The fourth-order valence-corrected chi connectivity index (χ4v) is 4.64. The number of halogens is 2. The number of nitrogens with zero attached hydrogens (tertiary/aromatic N) is 1. The van der Waals surface area contributed by atoms with E-state index in [1.54, 1.807) is 13.9 Å². The summed E-state index contributed by atoms with van der Waals surface area (Å²) in [5.74, 6) is -2.84. The number of likely N-dealkylation sites (tertiary alicyclic amines) is 1. The number of rotatable bonds is 5. The zero-order chi connectivity index (χ0) is 21.9. The summed E-state index contributed by atoms with van der Waals surface area (Å²) < 4.78 is 27.3. The van der Waals surface area contributed by atoms with Crippen LogP contribution in [-0.2, 0) is 15.5 Å². The van der Waals surface area contributed by atoms with Gasteiger partial charge in [-0.25, -0.2) is 8.78 Å². The Hall–Kier alpha value is -1.96. The molecule has 2 amide bonds. The van der Waals surface area contributed by atoms with E-state index in [4.69, 9.17) is 5.73 Å². The van der Waals surface area contributed by atoms with E-state index >= 15 is 0 Å². The van der Waals surface area contributed by atoms with Gasteiger partial charge in [0.1, 0.15) is 7.85 Å². The molecule has 30 heavy (non-hydrogen) atoms. The Balaban J connectivity index is 1.50. The van der Waals surface area contributed by atoms with E-state index < -0.39 is 5.92 Å². The maximum atomic E-state index is 13.6. The van der Waals surface area contributed by atoms with E-state index in [9.17, 15) is 18.4 Å². The number of carbonyl (C=O) groups is 2. The molecule has 0 bridgehead atoms. The van der Waals surface area contributed by atoms with Gasteiger partial charge in [-0.1, -0.05) is 24.4 Å². The van der Waals surface area contributed by atoms with Crippen LogP contribution in [0.2, 0.25) is 0 Å². The molecule has 3 N–H and O–H groups in total. The van der Waals surface area contributed by atoms with Crippen LogP contribution in [0.1, 0.15) is 57.4 Å². The first-order valence-electron chi connectivity index (χ1n) is 11.0. The second-order valence-corrected chi connectivity index (χ2v) is 9.05. The number of nitrogens with one attached hydrogen (secondary N) is 1. The van der Waals surface area contributed by atoms with Gasteiger partial charge in [-0.2, -0.15) is 0 Å². The van der Waals surface area contributed by atoms with E-state index in [2.05, 4.69) is 5.32 Å². The average Bonchev–Trinajstić information content (AvgIpc) is 2.67. The van der Waals surface area contributed by atoms with E-state index in [1.807, 2.05) is 4.90 Å². The van der Waals surface area contributed by atoms with Crippen molar-refractivity contribution in [2.75, 3.05) is 18.4 Å². The maximum absolute atomic E-state index is 13.6. The molecule has 5 nitrogen and oxygen atoms in total. The van der Waals surface area contributed by atoms with Crippen LogP contribution in [0.5, 0.6) is 0 Å². The van der Waals surface area contributed by atoms with Gasteiger partial charge in [-0.15, -0.1) is 0 Å². The highest BCUT2D eigenvalue weighted by Crippen LogP contribution is 2.29. The van der Waals surface area contributed by atoms with E-state index in [0.29, 0.717) is 30.7 Å². The summed E-state index contributed by atoms with van der Waals surface area (Å²) in [5, 5.41) is 2.76. The molecule has 1 aromatic carbocycles. The summed E-state index contributed by atoms with van der Waals surface area (Å²) >= 11 is 0. The third-order valence-corrected chi connectivity index (χ3v) is 6.40. The standard InChI is InChI=1S/C22H32BF2N3O2/c1-22(24,25)15-11-16(23)13-17(12-15)27-20(29)10-14-6-8-28(9-7-14)21(30)18-4-2-3-5-19(18)26/h11-14,18-19H,2-10,23,26H2,1H3,(H,27,29)/t18-,19-/m0/s1. The molecule has 1 saturated carbocycles. The summed E-state index contributed by atoms with van der Waals surface area (Å²) in [5.41, 5.74) is 7.12. The van der Waals surface area contributed by atoms with Crippen LogP contribution in [0.3, 0.4) is 0 Å². The molecule has 1 saturated heterocycles. The molecule has 1 aliphatic heterocycles. The van der Waals surface area contributed by atoms with Crippen molar-refractivity contribution in [3.05, 3.63) is 23.8 Å². The molecule has 0 aromatic heterocycles. The maximum Gasteiger partial charge on any atom is 0.270 e. The number of anilines is 1. The number of hydrogen-bond donors (Lipinski definition) is 2. The topological polar surface area (TPSA) is 75.4 Å². The first-order valence-corrected chi connectivity index (χ1v) is 11.0. The van der Waals surface area contributed by atoms with Gasteiger partial charge in [0.05, 0.1) is 5.92 Å². The first kappa shape index (κ1) is 22.7. The second kappa shape index (κ2) is 9.46. The minimum Gasteiger partial charge on any atom is -0.342 e. The van der Waals surface area contributed by atoms with Gasteiger partial charge in [0, 0.05) is 43.7 Å². The minimum atomic E-state index is -2.95. The van der Waals surface area contributed by atoms with Gasteiger partial charge in [-0.05, 0) is 43.7 Å². The highest BCUT2D eigenvalue weighted by atomic mass is 19.3. The molecule has 2 fully saturated rings. The molecule has 8 heteroatoms. The molecular weight excluding hydrogens is 387 g/mol. The molecule has 2 atom stereocenters. The highest BCUT2D eigenvalue weighted by molar-refractivity contribution is 6.32. The SMILES string of the molecule is Bc1cc(NC(=O)CC2CCN(C(=O)[C@H]3CCCC[C@@H]3N)CC2)cc(C(C)(F)F)c1. The molecule has 0 spiro atoms. The summed E-state index contributed by atoms with van der Waals surface area (Å²) in [7, 11) is 1.73. The van der Waals surface area contributed by atoms with Crippen molar-refractivity contribution in [3.8, 4) is 0 Å². The number of benzene rings is 1. The van der Waals surface area contributed by atoms with Crippen LogP contribution in [0.4, 0.5) is 14.5 Å². The summed E-state index contributed by atoms with van der Waals surface area (Å²) in [4.78, 5) is 27.1. The Morgan fingerprint density at radius 2 is 1.83 bits per heavy atom. The monoisotopic (exact) mass is 419 g/mol. The Morgan fingerprint density at radius 1 is 1.17 bits per heavy atom. The lowest BCUT2D eigenvalue weighted by molar-refractivity contribution is -0.138. The number of carbonyl (C=O) groups excluding carboxylic acids is 2. The Labute approximate surface area is 178 Å². The van der Waals surface area contributed by atoms with Gasteiger partial charge in [0.2, 0.25) is 11.8 Å². The van der Waals surface area contributed by atoms with Crippen molar-refractivity contribution in [3.63, 3.8) is 0 Å². The fourth-order valence-electron chi connectivity index (χ4n) is 4.64. The van der Waals surface area contributed by atoms with E-state index in [1.165, 1.54) is 12.1 Å². The van der Waals surface area contributed by atoms with Crippen LogP contribution < -0.4 is 16.5 Å². The molecule has 1 aliphatic carbocycles. The minimum absolute atomic E-state index is 0.0375. The van der Waals surface area contributed by atoms with Crippen molar-refractivity contribution in [2.24, 2.45) is 17.6 Å². The summed E-state index contributed by atoms with van der Waals surface area (Å²) in [6.07, 6.45) is 5.82. The van der Waals surface area contributed by atoms with Crippen LogP contribution in [-0.4, -0.2) is 43.7 Å². The summed E-state index contributed by atoms with van der Waals surface area (Å²) in [6, 6.07) is 4.42. The molecule has 2 aliphatic rings. The van der Waals surface area contributed by atoms with Crippen molar-refractivity contribution in [1.29, 1.82) is 0 Å². The largest absolute Gasteiger partial charge is 0.342 e.